The summed E-state index contributed by atoms with van der Waals surface area (Å²) < 4.78 is 74.1. The van der Waals surface area contributed by atoms with Gasteiger partial charge in [-0.15, -0.1) is 0 Å². The van der Waals surface area contributed by atoms with E-state index in [4.69, 9.17) is 10.00 Å². The number of hydrogen-bond donors (Lipinski definition) is 1. The number of benzene rings is 1. The number of ether oxygens (including phenoxy) is 1. The number of anilines is 1. The number of rotatable bonds is 4. The number of hydrogen-bond acceptors (Lipinski definition) is 6. The fourth-order valence-corrected chi connectivity index (χ4v) is 7.44. The lowest BCUT2D eigenvalue weighted by atomic mass is 9.68. The molecule has 1 aromatic carbocycles. The van der Waals surface area contributed by atoms with Crippen LogP contribution in [0.25, 0.3) is 0 Å². The first-order chi connectivity index (χ1) is 14.7. The van der Waals surface area contributed by atoms with E-state index in [9.17, 15) is 31.2 Å². The Bertz CT molecular complexity index is 1180. The molecule has 3 aliphatic heterocycles. The third kappa shape index (κ3) is 2.91. The van der Waals surface area contributed by atoms with Crippen LogP contribution in [0.4, 0.5) is 18.9 Å². The summed E-state index contributed by atoms with van der Waals surface area (Å²) in [6.45, 7) is 4.74. The van der Waals surface area contributed by atoms with Gasteiger partial charge in [0.15, 0.2) is 0 Å². The van der Waals surface area contributed by atoms with E-state index < -0.39 is 67.4 Å². The van der Waals surface area contributed by atoms with E-state index in [1.807, 2.05) is 0 Å². The Morgan fingerprint density at radius 3 is 2.44 bits per heavy atom. The Kier molecular flexibility index (Phi) is 4.79. The first kappa shape index (κ1) is 22.7. The molecule has 32 heavy (non-hydrogen) atoms. The molecule has 12 heteroatoms. The Labute approximate surface area is 182 Å². The van der Waals surface area contributed by atoms with E-state index in [2.05, 4.69) is 4.72 Å². The summed E-state index contributed by atoms with van der Waals surface area (Å²) in [7, 11) is -3.88. The highest BCUT2D eigenvalue weighted by atomic mass is 32.2. The third-order valence-electron chi connectivity index (χ3n) is 6.67. The van der Waals surface area contributed by atoms with E-state index >= 15 is 0 Å². The summed E-state index contributed by atoms with van der Waals surface area (Å²) in [5.74, 6) is -3.76. The molecule has 2 unspecified atom stereocenters. The minimum atomic E-state index is -4.87. The molecule has 0 spiro atoms. The van der Waals surface area contributed by atoms with Gasteiger partial charge in [0.2, 0.25) is 21.8 Å². The van der Waals surface area contributed by atoms with Gasteiger partial charge in [0, 0.05) is 6.54 Å². The molecular formula is C20H20F3N3O5S. The van der Waals surface area contributed by atoms with Crippen molar-refractivity contribution in [2.45, 2.75) is 49.8 Å². The number of sulfonamides is 1. The van der Waals surface area contributed by atoms with Crippen LogP contribution in [0.1, 0.15) is 38.3 Å². The number of amides is 2. The molecule has 0 saturated carbocycles. The largest absolute Gasteiger partial charge is 0.417 e. The molecule has 2 amide bonds. The second kappa shape index (κ2) is 6.76. The molecule has 2 bridgehead atoms. The molecule has 0 radical (unpaired) electrons. The summed E-state index contributed by atoms with van der Waals surface area (Å²) in [6.07, 6.45) is -4.90. The topological polar surface area (TPSA) is 117 Å². The van der Waals surface area contributed by atoms with Crippen molar-refractivity contribution in [3.8, 4) is 6.07 Å². The SMILES string of the molecule is CCNS(=O)(=O)[C@@H]1CC2(C)OC1(C)[C@@H]1C(=O)N(c3ccc(C#N)c(C(F)(F)F)c3)C(=O)[C@@H]12. The lowest BCUT2D eigenvalue weighted by Crippen LogP contribution is -2.54. The molecule has 3 heterocycles. The summed E-state index contributed by atoms with van der Waals surface area (Å²) in [6, 6.07) is 4.05. The van der Waals surface area contributed by atoms with E-state index in [-0.39, 0.29) is 18.7 Å². The number of carbonyl (C=O) groups excluding carboxylic acids is 2. The second-order valence-corrected chi connectivity index (χ2v) is 10.6. The maximum absolute atomic E-state index is 13.4. The summed E-state index contributed by atoms with van der Waals surface area (Å²) in [4.78, 5) is 27.3. The summed E-state index contributed by atoms with van der Waals surface area (Å²) in [5.41, 5.74) is -5.02. The van der Waals surface area contributed by atoms with Crippen LogP contribution in [0.2, 0.25) is 0 Å². The normalized spacial score (nSPS) is 34.2. The van der Waals surface area contributed by atoms with Gasteiger partial charge < -0.3 is 4.74 Å². The average molecular weight is 471 g/mol. The van der Waals surface area contributed by atoms with Gasteiger partial charge in [-0.3, -0.25) is 9.59 Å². The highest BCUT2D eigenvalue weighted by Crippen LogP contribution is 2.62. The number of halogens is 3. The minimum absolute atomic E-state index is 0.0337. The van der Waals surface area contributed by atoms with Crippen LogP contribution in [0.3, 0.4) is 0 Å². The molecule has 5 atom stereocenters. The molecule has 172 valence electrons. The number of nitrogens with one attached hydrogen (secondary N) is 1. The molecule has 1 aromatic rings. The fourth-order valence-electron chi connectivity index (χ4n) is 5.47. The standard InChI is InChI=1S/C20H20F3N3O5S/c1-4-25-32(29,30)13-8-18(2)14-15(19(13,3)31-18)17(28)26(16(14)27)11-6-5-10(9-24)12(7-11)20(21,22)23/h5-7,13-15,25H,4,8H2,1-3H3/t13-,14-,15+,18?,19?/m1/s1. The van der Waals surface area contributed by atoms with Crippen LogP contribution >= 0.6 is 0 Å². The molecule has 4 rings (SSSR count). The highest BCUT2D eigenvalue weighted by Gasteiger charge is 2.77. The zero-order chi connectivity index (χ0) is 23.9. The maximum Gasteiger partial charge on any atom is 0.417 e. The molecule has 1 N–H and O–H groups in total. The molecular weight excluding hydrogens is 451 g/mol. The minimum Gasteiger partial charge on any atom is -0.366 e. The number of imide groups is 1. The van der Waals surface area contributed by atoms with Crippen molar-refractivity contribution in [2.75, 3.05) is 11.4 Å². The van der Waals surface area contributed by atoms with Crippen molar-refractivity contribution >= 4 is 27.5 Å². The van der Waals surface area contributed by atoms with Crippen LogP contribution in [-0.2, 0) is 30.5 Å². The number of alkyl halides is 3. The molecule has 8 nitrogen and oxygen atoms in total. The Morgan fingerprint density at radius 2 is 1.88 bits per heavy atom. The van der Waals surface area contributed by atoms with E-state index in [0.717, 1.165) is 12.1 Å². The first-order valence-electron chi connectivity index (χ1n) is 9.89. The number of nitrogens with zero attached hydrogens (tertiary/aromatic N) is 2. The molecule has 3 fully saturated rings. The zero-order valence-corrected chi connectivity index (χ0v) is 18.2. The Hall–Kier alpha value is -2.49. The van der Waals surface area contributed by atoms with Gasteiger partial charge in [0.25, 0.3) is 0 Å². The molecule has 3 saturated heterocycles. The summed E-state index contributed by atoms with van der Waals surface area (Å²) >= 11 is 0. The van der Waals surface area contributed by atoms with Gasteiger partial charge >= 0.3 is 6.18 Å². The monoisotopic (exact) mass is 471 g/mol. The summed E-state index contributed by atoms with van der Waals surface area (Å²) in [5, 5.41) is 7.88. The van der Waals surface area contributed by atoms with Crippen LogP contribution in [0.15, 0.2) is 18.2 Å². The van der Waals surface area contributed by atoms with Crippen LogP contribution in [-0.4, -0.2) is 43.2 Å². The van der Waals surface area contributed by atoms with Crippen molar-refractivity contribution in [3.05, 3.63) is 29.3 Å². The van der Waals surface area contributed by atoms with Crippen molar-refractivity contribution in [2.24, 2.45) is 11.8 Å². The van der Waals surface area contributed by atoms with Gasteiger partial charge in [0.1, 0.15) is 5.25 Å². The predicted octanol–water partition coefficient (Wildman–Crippen LogP) is 1.94. The van der Waals surface area contributed by atoms with Crippen molar-refractivity contribution < 1.29 is 35.9 Å². The third-order valence-corrected chi connectivity index (χ3v) is 8.75. The second-order valence-electron chi connectivity index (χ2n) is 8.64. The quantitative estimate of drug-likeness (QED) is 0.671. The fraction of sp³-hybridized carbons (Fsp3) is 0.550. The van der Waals surface area contributed by atoms with Crippen LogP contribution in [0.5, 0.6) is 0 Å². The highest BCUT2D eigenvalue weighted by molar-refractivity contribution is 7.90. The number of fused-ring (bicyclic) bond motifs is 5. The lowest BCUT2D eigenvalue weighted by Gasteiger charge is -2.34. The van der Waals surface area contributed by atoms with Gasteiger partial charge in [0.05, 0.1) is 45.9 Å². The maximum atomic E-state index is 13.4. The Morgan fingerprint density at radius 1 is 1.25 bits per heavy atom. The number of nitriles is 1. The van der Waals surface area contributed by atoms with Crippen LogP contribution < -0.4 is 9.62 Å². The van der Waals surface area contributed by atoms with Gasteiger partial charge in [-0.05, 0) is 38.5 Å². The molecule has 0 aliphatic carbocycles. The Balaban J connectivity index is 1.79. The van der Waals surface area contributed by atoms with E-state index in [1.54, 1.807) is 13.8 Å². The van der Waals surface area contributed by atoms with E-state index in [1.165, 1.54) is 13.0 Å². The van der Waals surface area contributed by atoms with E-state index in [0.29, 0.717) is 11.0 Å². The van der Waals surface area contributed by atoms with Crippen molar-refractivity contribution in [1.82, 2.24) is 4.72 Å². The first-order valence-corrected chi connectivity index (χ1v) is 11.4. The van der Waals surface area contributed by atoms with Gasteiger partial charge in [-0.1, -0.05) is 6.92 Å². The average Bonchev–Trinajstić information content (AvgIpc) is 3.22. The predicted molar refractivity (Wildman–Crippen MR) is 105 cm³/mol. The smallest absolute Gasteiger partial charge is 0.366 e. The lowest BCUT2D eigenvalue weighted by molar-refractivity contribution is -0.138. The molecule has 3 aliphatic rings. The number of carbonyl (C=O) groups is 2. The van der Waals surface area contributed by atoms with Gasteiger partial charge in [-0.2, -0.15) is 18.4 Å². The van der Waals surface area contributed by atoms with Crippen molar-refractivity contribution in [3.63, 3.8) is 0 Å². The zero-order valence-electron chi connectivity index (χ0n) is 17.4. The van der Waals surface area contributed by atoms with Gasteiger partial charge in [-0.25, -0.2) is 18.0 Å². The molecule has 0 aromatic heterocycles. The van der Waals surface area contributed by atoms with Crippen molar-refractivity contribution in [1.29, 1.82) is 5.26 Å². The van der Waals surface area contributed by atoms with Crippen LogP contribution in [0, 0.1) is 23.2 Å².